The van der Waals surface area contributed by atoms with E-state index in [1.54, 1.807) is 11.0 Å². The Morgan fingerprint density at radius 3 is 2.24 bits per heavy atom. The fourth-order valence-corrected chi connectivity index (χ4v) is 3.64. The molecule has 2 saturated heterocycles. The van der Waals surface area contributed by atoms with Crippen molar-refractivity contribution < 1.29 is 14.1 Å². The van der Waals surface area contributed by atoms with Crippen LogP contribution in [0.15, 0.2) is 10.6 Å². The van der Waals surface area contributed by atoms with Crippen LogP contribution < -0.4 is 0 Å². The molecule has 0 unspecified atom stereocenters. The van der Waals surface area contributed by atoms with Crippen LogP contribution in [-0.2, 0) is 4.79 Å². The molecule has 0 N–H and O–H groups in total. The van der Waals surface area contributed by atoms with Crippen molar-refractivity contribution in [1.82, 2.24) is 15.0 Å². The number of hydrogen-bond acceptors (Lipinski definition) is 4. The largest absolute Gasteiger partial charge is 0.360 e. The molecule has 2 aliphatic heterocycles. The van der Waals surface area contributed by atoms with Crippen molar-refractivity contribution in [2.24, 2.45) is 11.8 Å². The number of likely N-dealkylation sites (tertiary alicyclic amines) is 2. The number of aromatic nitrogens is 1. The molecule has 0 spiro atoms. The van der Waals surface area contributed by atoms with Crippen molar-refractivity contribution in [3.05, 3.63) is 17.5 Å². The number of carbonyl (C=O) groups is 2. The third kappa shape index (κ3) is 4.05. The molecule has 2 amide bonds. The van der Waals surface area contributed by atoms with Crippen molar-refractivity contribution in [2.45, 2.75) is 52.4 Å². The standard InChI is InChI=1S/C19H29N3O3/c1-13(2)17-12-16(20-25-17)19(24)22-10-6-15(7-11-22)18(23)21-8-4-14(3)5-9-21/h12-15H,4-11H2,1-3H3. The van der Waals surface area contributed by atoms with Gasteiger partial charge in [-0.2, -0.15) is 0 Å². The lowest BCUT2D eigenvalue weighted by Gasteiger charge is -2.36. The first kappa shape index (κ1) is 18.0. The first-order valence-electron chi connectivity index (χ1n) is 9.50. The Hall–Kier alpha value is -1.85. The minimum absolute atomic E-state index is 0.0565. The topological polar surface area (TPSA) is 66.7 Å². The Morgan fingerprint density at radius 2 is 1.68 bits per heavy atom. The molecular weight excluding hydrogens is 318 g/mol. The molecule has 0 aliphatic carbocycles. The molecule has 2 fully saturated rings. The van der Waals surface area contributed by atoms with Gasteiger partial charge < -0.3 is 14.3 Å². The van der Waals surface area contributed by atoms with Crippen LogP contribution in [0.3, 0.4) is 0 Å². The van der Waals surface area contributed by atoms with Gasteiger partial charge in [0, 0.05) is 44.1 Å². The van der Waals surface area contributed by atoms with Gasteiger partial charge in [-0.3, -0.25) is 9.59 Å². The molecule has 3 heterocycles. The molecule has 0 atom stereocenters. The van der Waals surface area contributed by atoms with Crippen molar-refractivity contribution in [1.29, 1.82) is 0 Å². The van der Waals surface area contributed by atoms with Gasteiger partial charge in [-0.1, -0.05) is 25.9 Å². The van der Waals surface area contributed by atoms with E-state index < -0.39 is 0 Å². The van der Waals surface area contributed by atoms with Gasteiger partial charge >= 0.3 is 0 Å². The van der Waals surface area contributed by atoms with Gasteiger partial charge in [-0.25, -0.2) is 0 Å². The predicted octanol–water partition coefficient (Wildman–Crippen LogP) is 2.91. The molecule has 1 aromatic rings. The quantitative estimate of drug-likeness (QED) is 0.843. The van der Waals surface area contributed by atoms with Gasteiger partial charge in [0.2, 0.25) is 5.91 Å². The zero-order chi connectivity index (χ0) is 18.0. The van der Waals surface area contributed by atoms with Crippen LogP contribution in [0.1, 0.15) is 68.6 Å². The maximum atomic E-state index is 12.7. The predicted molar refractivity (Wildman–Crippen MR) is 94.2 cm³/mol. The molecule has 2 aliphatic rings. The van der Waals surface area contributed by atoms with E-state index in [9.17, 15) is 9.59 Å². The van der Waals surface area contributed by atoms with E-state index in [4.69, 9.17) is 4.52 Å². The summed E-state index contributed by atoms with van der Waals surface area (Å²) in [4.78, 5) is 29.1. The molecule has 0 saturated carbocycles. The van der Waals surface area contributed by atoms with E-state index in [1.807, 2.05) is 18.7 Å². The fourth-order valence-electron chi connectivity index (χ4n) is 3.64. The smallest absolute Gasteiger partial charge is 0.276 e. The SMILES string of the molecule is CC1CCN(C(=O)C2CCN(C(=O)c3cc(C(C)C)on3)CC2)CC1. The van der Waals surface area contributed by atoms with Gasteiger partial charge in [0.25, 0.3) is 5.91 Å². The second kappa shape index (κ2) is 7.58. The zero-order valence-corrected chi connectivity index (χ0v) is 15.5. The molecule has 0 radical (unpaired) electrons. The highest BCUT2D eigenvalue weighted by Crippen LogP contribution is 2.25. The summed E-state index contributed by atoms with van der Waals surface area (Å²) < 4.78 is 5.23. The number of rotatable bonds is 3. The fraction of sp³-hybridized carbons (Fsp3) is 0.737. The normalized spacial score (nSPS) is 20.3. The summed E-state index contributed by atoms with van der Waals surface area (Å²) >= 11 is 0. The van der Waals surface area contributed by atoms with Crippen LogP contribution in [0.4, 0.5) is 0 Å². The van der Waals surface area contributed by atoms with Crippen LogP contribution in [0.25, 0.3) is 0 Å². The van der Waals surface area contributed by atoms with Crippen LogP contribution in [0, 0.1) is 11.8 Å². The van der Waals surface area contributed by atoms with E-state index in [0.29, 0.717) is 18.8 Å². The average molecular weight is 347 g/mol. The molecule has 0 aromatic carbocycles. The molecule has 138 valence electrons. The summed E-state index contributed by atoms with van der Waals surface area (Å²) in [5, 5.41) is 3.91. The van der Waals surface area contributed by atoms with Crippen molar-refractivity contribution in [3.8, 4) is 0 Å². The van der Waals surface area contributed by atoms with E-state index in [1.165, 1.54) is 0 Å². The number of piperidine rings is 2. The van der Waals surface area contributed by atoms with Crippen LogP contribution in [0.2, 0.25) is 0 Å². The Kier molecular flexibility index (Phi) is 5.45. The second-order valence-corrected chi connectivity index (χ2v) is 7.84. The van der Waals surface area contributed by atoms with Crippen LogP contribution in [0.5, 0.6) is 0 Å². The highest BCUT2D eigenvalue weighted by atomic mass is 16.5. The van der Waals surface area contributed by atoms with E-state index in [-0.39, 0.29) is 23.7 Å². The zero-order valence-electron chi connectivity index (χ0n) is 15.5. The summed E-state index contributed by atoms with van der Waals surface area (Å²) in [5.74, 6) is 1.91. The number of nitrogens with zero attached hydrogens (tertiary/aromatic N) is 3. The lowest BCUT2D eigenvalue weighted by Crippen LogP contribution is -2.46. The molecule has 3 rings (SSSR count). The lowest BCUT2D eigenvalue weighted by molar-refractivity contribution is -0.138. The molecule has 6 heteroatoms. The molecule has 0 bridgehead atoms. The first-order valence-corrected chi connectivity index (χ1v) is 9.50. The van der Waals surface area contributed by atoms with Crippen molar-refractivity contribution in [3.63, 3.8) is 0 Å². The Balaban J connectivity index is 1.52. The molecule has 6 nitrogen and oxygen atoms in total. The van der Waals surface area contributed by atoms with Gasteiger partial charge in [0.05, 0.1) is 0 Å². The number of amides is 2. The van der Waals surface area contributed by atoms with E-state index in [2.05, 4.69) is 12.1 Å². The maximum absolute atomic E-state index is 12.7. The lowest BCUT2D eigenvalue weighted by atomic mass is 9.92. The summed E-state index contributed by atoms with van der Waals surface area (Å²) in [5.41, 5.74) is 0.374. The summed E-state index contributed by atoms with van der Waals surface area (Å²) in [6, 6.07) is 1.74. The van der Waals surface area contributed by atoms with Crippen LogP contribution in [-0.4, -0.2) is 52.9 Å². The highest BCUT2D eigenvalue weighted by Gasteiger charge is 2.32. The molecule has 25 heavy (non-hydrogen) atoms. The Labute approximate surface area is 149 Å². The molecular formula is C19H29N3O3. The Bertz CT molecular complexity index is 609. The third-order valence-corrected chi connectivity index (χ3v) is 5.54. The average Bonchev–Trinajstić information content (AvgIpc) is 3.12. The monoisotopic (exact) mass is 347 g/mol. The first-order chi connectivity index (χ1) is 12.0. The van der Waals surface area contributed by atoms with Gasteiger partial charge in [-0.15, -0.1) is 0 Å². The second-order valence-electron chi connectivity index (χ2n) is 7.84. The van der Waals surface area contributed by atoms with E-state index >= 15 is 0 Å². The number of carbonyl (C=O) groups excluding carboxylic acids is 2. The van der Waals surface area contributed by atoms with E-state index in [0.717, 1.165) is 50.5 Å². The minimum atomic E-state index is -0.0895. The van der Waals surface area contributed by atoms with Gasteiger partial charge in [0.1, 0.15) is 5.76 Å². The highest BCUT2D eigenvalue weighted by molar-refractivity contribution is 5.92. The van der Waals surface area contributed by atoms with Crippen molar-refractivity contribution >= 4 is 11.8 Å². The maximum Gasteiger partial charge on any atom is 0.276 e. The van der Waals surface area contributed by atoms with Gasteiger partial charge in [-0.05, 0) is 31.6 Å². The minimum Gasteiger partial charge on any atom is -0.360 e. The summed E-state index contributed by atoms with van der Waals surface area (Å²) in [6.07, 6.45) is 3.69. The molecule has 1 aromatic heterocycles. The Morgan fingerprint density at radius 1 is 1.08 bits per heavy atom. The van der Waals surface area contributed by atoms with Crippen LogP contribution >= 0.6 is 0 Å². The number of hydrogen-bond donors (Lipinski definition) is 0. The van der Waals surface area contributed by atoms with Gasteiger partial charge in [0.15, 0.2) is 5.69 Å². The van der Waals surface area contributed by atoms with Crippen molar-refractivity contribution in [2.75, 3.05) is 26.2 Å². The summed E-state index contributed by atoms with van der Waals surface area (Å²) in [6.45, 7) is 9.26. The third-order valence-electron chi connectivity index (χ3n) is 5.54. The summed E-state index contributed by atoms with van der Waals surface area (Å²) in [7, 11) is 0.